The summed E-state index contributed by atoms with van der Waals surface area (Å²) in [7, 11) is 1.47. The molecule has 2 atom stereocenters. The van der Waals surface area contributed by atoms with E-state index in [0.717, 1.165) is 18.3 Å². The molecule has 0 heterocycles. The van der Waals surface area contributed by atoms with Crippen LogP contribution in [0.1, 0.15) is 103 Å². The number of rotatable bonds is 15. The standard InChI is InChI=1S/C20H38O2/c1-3-4-5-6-8-11-14-18-17-19(18)15-12-9-7-10-13-16-20(21)22-2/h18-19H,3-17H2,1-2H3/t18-,19-/m0/s1. The van der Waals surface area contributed by atoms with Crippen molar-refractivity contribution >= 4 is 5.97 Å². The molecule has 1 aliphatic carbocycles. The van der Waals surface area contributed by atoms with Crippen LogP contribution in [-0.2, 0) is 9.53 Å². The molecule has 0 saturated heterocycles. The van der Waals surface area contributed by atoms with Gasteiger partial charge in [-0.05, 0) is 24.7 Å². The van der Waals surface area contributed by atoms with Gasteiger partial charge in [0.2, 0.25) is 0 Å². The number of hydrogen-bond acceptors (Lipinski definition) is 2. The Hall–Kier alpha value is -0.530. The van der Waals surface area contributed by atoms with Gasteiger partial charge in [-0.15, -0.1) is 0 Å². The second-order valence-corrected chi connectivity index (χ2v) is 7.19. The summed E-state index contributed by atoms with van der Waals surface area (Å²) >= 11 is 0. The van der Waals surface area contributed by atoms with E-state index in [4.69, 9.17) is 0 Å². The quantitative estimate of drug-likeness (QED) is 0.263. The van der Waals surface area contributed by atoms with E-state index in [-0.39, 0.29) is 5.97 Å². The molecule has 0 spiro atoms. The zero-order valence-electron chi connectivity index (χ0n) is 15.1. The minimum atomic E-state index is -0.0597. The van der Waals surface area contributed by atoms with Crippen LogP contribution in [0.2, 0.25) is 0 Å². The van der Waals surface area contributed by atoms with Crippen LogP contribution in [0, 0.1) is 11.8 Å². The first-order valence-electron chi connectivity index (χ1n) is 9.84. The molecule has 0 radical (unpaired) electrons. The van der Waals surface area contributed by atoms with E-state index < -0.39 is 0 Å². The minimum absolute atomic E-state index is 0.0597. The molecule has 0 N–H and O–H groups in total. The summed E-state index contributed by atoms with van der Waals surface area (Å²) in [5, 5.41) is 0. The molecule has 2 nitrogen and oxygen atoms in total. The first-order chi connectivity index (χ1) is 10.8. The molecule has 0 aliphatic heterocycles. The number of ether oxygens (including phenoxy) is 1. The lowest BCUT2D eigenvalue weighted by Gasteiger charge is -2.03. The molecule has 130 valence electrons. The molecule has 0 aromatic heterocycles. The van der Waals surface area contributed by atoms with Gasteiger partial charge in [-0.2, -0.15) is 0 Å². The van der Waals surface area contributed by atoms with Crippen molar-refractivity contribution in [3.8, 4) is 0 Å². The molecule has 22 heavy (non-hydrogen) atoms. The van der Waals surface area contributed by atoms with Gasteiger partial charge in [0.15, 0.2) is 0 Å². The third-order valence-electron chi connectivity index (χ3n) is 5.18. The van der Waals surface area contributed by atoms with Crippen molar-refractivity contribution in [2.24, 2.45) is 11.8 Å². The second kappa shape index (κ2) is 13.0. The third kappa shape index (κ3) is 10.2. The average molecular weight is 311 g/mol. The molecule has 0 bridgehead atoms. The Labute approximate surface area is 138 Å². The molecule has 0 aromatic rings. The fourth-order valence-electron chi connectivity index (χ4n) is 3.51. The molecule has 2 heteroatoms. The number of carbonyl (C=O) groups is 1. The van der Waals surface area contributed by atoms with Crippen LogP contribution in [0.25, 0.3) is 0 Å². The van der Waals surface area contributed by atoms with Crippen molar-refractivity contribution < 1.29 is 9.53 Å². The third-order valence-corrected chi connectivity index (χ3v) is 5.18. The van der Waals surface area contributed by atoms with E-state index >= 15 is 0 Å². The van der Waals surface area contributed by atoms with Gasteiger partial charge in [0.25, 0.3) is 0 Å². The van der Waals surface area contributed by atoms with Gasteiger partial charge in [0, 0.05) is 6.42 Å². The fraction of sp³-hybridized carbons (Fsp3) is 0.950. The smallest absolute Gasteiger partial charge is 0.305 e. The van der Waals surface area contributed by atoms with Crippen molar-refractivity contribution in [2.45, 2.75) is 103 Å². The van der Waals surface area contributed by atoms with E-state index in [2.05, 4.69) is 11.7 Å². The molecular formula is C20H38O2. The molecule has 0 unspecified atom stereocenters. The maximum atomic E-state index is 11.0. The van der Waals surface area contributed by atoms with Crippen molar-refractivity contribution in [1.29, 1.82) is 0 Å². The Kier molecular flexibility index (Phi) is 11.5. The lowest BCUT2D eigenvalue weighted by Crippen LogP contribution is -1.99. The van der Waals surface area contributed by atoms with E-state index in [1.807, 2.05) is 0 Å². The van der Waals surface area contributed by atoms with Crippen LogP contribution in [0.4, 0.5) is 0 Å². The highest BCUT2D eigenvalue weighted by Gasteiger charge is 2.34. The molecule has 1 rings (SSSR count). The Morgan fingerprint density at radius 1 is 0.818 bits per heavy atom. The number of hydrogen-bond donors (Lipinski definition) is 0. The summed E-state index contributed by atoms with van der Waals surface area (Å²) in [5.74, 6) is 2.08. The monoisotopic (exact) mass is 310 g/mol. The van der Waals surface area contributed by atoms with Gasteiger partial charge in [-0.1, -0.05) is 84.0 Å². The van der Waals surface area contributed by atoms with E-state index in [1.165, 1.54) is 90.6 Å². The lowest BCUT2D eigenvalue weighted by molar-refractivity contribution is -0.140. The summed E-state index contributed by atoms with van der Waals surface area (Å²) in [6, 6.07) is 0. The topological polar surface area (TPSA) is 26.3 Å². The minimum Gasteiger partial charge on any atom is -0.469 e. The highest BCUT2D eigenvalue weighted by atomic mass is 16.5. The Bertz CT molecular complexity index is 275. The summed E-state index contributed by atoms with van der Waals surface area (Å²) in [4.78, 5) is 11.0. The molecule has 0 aromatic carbocycles. The van der Waals surface area contributed by atoms with Crippen molar-refractivity contribution in [1.82, 2.24) is 0 Å². The summed E-state index contributed by atoms with van der Waals surface area (Å²) in [6.45, 7) is 2.29. The van der Waals surface area contributed by atoms with Gasteiger partial charge in [0.05, 0.1) is 7.11 Å². The molecule has 1 fully saturated rings. The first-order valence-corrected chi connectivity index (χ1v) is 9.84. The number of unbranched alkanes of at least 4 members (excludes halogenated alkanes) is 9. The number of carbonyl (C=O) groups excluding carboxylic acids is 1. The summed E-state index contributed by atoms with van der Waals surface area (Å²) < 4.78 is 4.65. The highest BCUT2D eigenvalue weighted by molar-refractivity contribution is 5.68. The van der Waals surface area contributed by atoms with E-state index in [9.17, 15) is 4.79 Å². The van der Waals surface area contributed by atoms with Crippen LogP contribution in [0.15, 0.2) is 0 Å². The molecule has 1 saturated carbocycles. The largest absolute Gasteiger partial charge is 0.469 e. The SMILES string of the molecule is CCCCCCCC[C@H]1C[C@@H]1CCCCCCCC(=O)OC. The Balaban J connectivity index is 1.77. The number of esters is 1. The van der Waals surface area contributed by atoms with Crippen molar-refractivity contribution in [3.63, 3.8) is 0 Å². The van der Waals surface area contributed by atoms with Crippen molar-refractivity contribution in [3.05, 3.63) is 0 Å². The summed E-state index contributed by atoms with van der Waals surface area (Å²) in [5.41, 5.74) is 0. The van der Waals surface area contributed by atoms with Crippen LogP contribution >= 0.6 is 0 Å². The Morgan fingerprint density at radius 2 is 1.32 bits per heavy atom. The summed E-state index contributed by atoms with van der Waals surface area (Å²) in [6.07, 6.45) is 19.9. The highest BCUT2D eigenvalue weighted by Crippen LogP contribution is 2.45. The van der Waals surface area contributed by atoms with Crippen LogP contribution in [0.5, 0.6) is 0 Å². The van der Waals surface area contributed by atoms with Gasteiger partial charge >= 0.3 is 5.97 Å². The van der Waals surface area contributed by atoms with Gasteiger partial charge in [-0.3, -0.25) is 4.79 Å². The van der Waals surface area contributed by atoms with Crippen LogP contribution in [0.3, 0.4) is 0 Å². The zero-order chi connectivity index (χ0) is 16.0. The maximum absolute atomic E-state index is 11.0. The van der Waals surface area contributed by atoms with Crippen LogP contribution in [-0.4, -0.2) is 13.1 Å². The van der Waals surface area contributed by atoms with Crippen LogP contribution < -0.4 is 0 Å². The first kappa shape index (κ1) is 19.5. The molecule has 0 amide bonds. The normalized spacial score (nSPS) is 20.1. The van der Waals surface area contributed by atoms with Gasteiger partial charge in [0.1, 0.15) is 0 Å². The van der Waals surface area contributed by atoms with E-state index in [1.54, 1.807) is 0 Å². The fourth-order valence-corrected chi connectivity index (χ4v) is 3.51. The number of methoxy groups -OCH3 is 1. The van der Waals surface area contributed by atoms with Gasteiger partial charge in [-0.25, -0.2) is 0 Å². The Morgan fingerprint density at radius 3 is 1.86 bits per heavy atom. The van der Waals surface area contributed by atoms with Crippen molar-refractivity contribution in [2.75, 3.05) is 7.11 Å². The molecule has 1 aliphatic rings. The lowest BCUT2D eigenvalue weighted by atomic mass is 10.0. The van der Waals surface area contributed by atoms with E-state index in [0.29, 0.717) is 6.42 Å². The zero-order valence-corrected chi connectivity index (χ0v) is 15.1. The predicted molar refractivity (Wildman–Crippen MR) is 93.9 cm³/mol. The average Bonchev–Trinajstić information content (AvgIpc) is 3.28. The maximum Gasteiger partial charge on any atom is 0.305 e. The second-order valence-electron chi connectivity index (χ2n) is 7.19. The van der Waals surface area contributed by atoms with Gasteiger partial charge < -0.3 is 4.74 Å². The predicted octanol–water partition coefficient (Wildman–Crippen LogP) is 6.28. The molecular weight excluding hydrogens is 272 g/mol.